The van der Waals surface area contributed by atoms with Gasteiger partial charge in [-0.1, -0.05) is 11.6 Å². The standard InChI is InChI=1S/C14H9BrClN3O/c15-12-6-9(16)1-3-11(12)14(20)19-13-4-2-10(18)5-8(13)7-17/h1-6H,18H2,(H,19,20). The number of carbonyl (C=O) groups excluding carboxylic acids is 1. The summed E-state index contributed by atoms with van der Waals surface area (Å²) < 4.78 is 0.580. The summed E-state index contributed by atoms with van der Waals surface area (Å²) in [6, 6.07) is 11.6. The van der Waals surface area contributed by atoms with E-state index < -0.39 is 0 Å². The number of hydrogen-bond acceptors (Lipinski definition) is 3. The van der Waals surface area contributed by atoms with Crippen LogP contribution in [0.4, 0.5) is 11.4 Å². The second-order valence-electron chi connectivity index (χ2n) is 4.00. The first kappa shape index (κ1) is 14.4. The third-order valence-corrected chi connectivity index (χ3v) is 3.48. The van der Waals surface area contributed by atoms with Gasteiger partial charge in [0.05, 0.1) is 16.8 Å². The molecule has 0 unspecified atom stereocenters. The fourth-order valence-corrected chi connectivity index (χ4v) is 2.49. The van der Waals surface area contributed by atoms with Gasteiger partial charge in [-0.05, 0) is 52.3 Å². The average Bonchev–Trinajstić information content (AvgIpc) is 2.40. The molecule has 0 saturated heterocycles. The summed E-state index contributed by atoms with van der Waals surface area (Å²) in [5.74, 6) is -0.338. The first-order valence-electron chi connectivity index (χ1n) is 5.57. The number of amides is 1. The number of hydrogen-bond donors (Lipinski definition) is 2. The minimum atomic E-state index is -0.338. The van der Waals surface area contributed by atoms with Gasteiger partial charge in [-0.3, -0.25) is 4.79 Å². The van der Waals surface area contributed by atoms with Gasteiger partial charge in [0.1, 0.15) is 6.07 Å². The molecule has 0 fully saturated rings. The second kappa shape index (κ2) is 5.95. The number of nitriles is 1. The quantitative estimate of drug-likeness (QED) is 0.808. The van der Waals surface area contributed by atoms with E-state index in [-0.39, 0.29) is 5.91 Å². The molecule has 0 aliphatic carbocycles. The van der Waals surface area contributed by atoms with Crippen LogP contribution in [0.3, 0.4) is 0 Å². The first-order chi connectivity index (χ1) is 9.51. The zero-order valence-electron chi connectivity index (χ0n) is 10.2. The van der Waals surface area contributed by atoms with Gasteiger partial charge in [0.2, 0.25) is 0 Å². The Bertz CT molecular complexity index is 725. The molecule has 0 heterocycles. The summed E-state index contributed by atoms with van der Waals surface area (Å²) in [6.07, 6.45) is 0. The van der Waals surface area contributed by atoms with Crippen LogP contribution in [-0.4, -0.2) is 5.91 Å². The Hall–Kier alpha value is -2.03. The van der Waals surface area contributed by atoms with Crippen molar-refractivity contribution < 1.29 is 4.79 Å². The maximum atomic E-state index is 12.2. The van der Waals surface area contributed by atoms with Crippen LogP contribution in [-0.2, 0) is 0 Å². The van der Waals surface area contributed by atoms with Crippen molar-refractivity contribution in [1.29, 1.82) is 5.26 Å². The molecule has 0 radical (unpaired) electrons. The Morgan fingerprint density at radius 1 is 1.30 bits per heavy atom. The molecule has 2 rings (SSSR count). The molecule has 6 heteroatoms. The molecule has 2 aromatic rings. The van der Waals surface area contributed by atoms with Crippen LogP contribution in [0.15, 0.2) is 40.9 Å². The Morgan fingerprint density at radius 3 is 2.70 bits per heavy atom. The van der Waals surface area contributed by atoms with Crippen molar-refractivity contribution in [2.24, 2.45) is 0 Å². The number of rotatable bonds is 2. The third-order valence-electron chi connectivity index (χ3n) is 2.59. The molecular formula is C14H9BrClN3O. The predicted molar refractivity (Wildman–Crippen MR) is 82.7 cm³/mol. The summed E-state index contributed by atoms with van der Waals surface area (Å²) in [7, 11) is 0. The van der Waals surface area contributed by atoms with E-state index in [4.69, 9.17) is 22.6 Å². The SMILES string of the molecule is N#Cc1cc(N)ccc1NC(=O)c1ccc(Cl)cc1Br. The van der Waals surface area contributed by atoms with E-state index in [0.717, 1.165) is 0 Å². The number of anilines is 2. The van der Waals surface area contributed by atoms with Crippen molar-refractivity contribution in [2.75, 3.05) is 11.1 Å². The molecule has 4 nitrogen and oxygen atoms in total. The second-order valence-corrected chi connectivity index (χ2v) is 5.29. The summed E-state index contributed by atoms with van der Waals surface area (Å²) in [5.41, 5.74) is 7.21. The van der Waals surface area contributed by atoms with Crippen LogP contribution in [0.2, 0.25) is 5.02 Å². The van der Waals surface area contributed by atoms with Crippen molar-refractivity contribution >= 4 is 44.8 Å². The van der Waals surface area contributed by atoms with E-state index in [1.807, 2.05) is 6.07 Å². The fourth-order valence-electron chi connectivity index (χ4n) is 1.63. The zero-order chi connectivity index (χ0) is 14.7. The van der Waals surface area contributed by atoms with Gasteiger partial charge in [-0.25, -0.2) is 0 Å². The van der Waals surface area contributed by atoms with Crippen molar-refractivity contribution in [1.82, 2.24) is 0 Å². The minimum absolute atomic E-state index is 0.309. The maximum absolute atomic E-state index is 12.2. The molecule has 20 heavy (non-hydrogen) atoms. The molecule has 3 N–H and O–H groups in total. The molecular weight excluding hydrogens is 342 g/mol. The Kier molecular flexibility index (Phi) is 4.28. The molecule has 0 aliphatic heterocycles. The highest BCUT2D eigenvalue weighted by molar-refractivity contribution is 9.10. The highest BCUT2D eigenvalue weighted by atomic mass is 79.9. The van der Waals surface area contributed by atoms with Crippen LogP contribution in [0, 0.1) is 11.3 Å². The van der Waals surface area contributed by atoms with Gasteiger partial charge in [-0.15, -0.1) is 0 Å². The van der Waals surface area contributed by atoms with E-state index in [0.29, 0.717) is 32.0 Å². The zero-order valence-corrected chi connectivity index (χ0v) is 12.5. The van der Waals surface area contributed by atoms with E-state index in [2.05, 4.69) is 21.2 Å². The van der Waals surface area contributed by atoms with Crippen molar-refractivity contribution in [2.45, 2.75) is 0 Å². The summed E-state index contributed by atoms with van der Waals surface area (Å²) >= 11 is 9.11. The molecule has 0 atom stereocenters. The number of nitrogens with one attached hydrogen (secondary N) is 1. The Labute approximate surface area is 129 Å². The van der Waals surface area contributed by atoms with Crippen LogP contribution in [0.25, 0.3) is 0 Å². The van der Waals surface area contributed by atoms with Gasteiger partial charge in [0, 0.05) is 15.2 Å². The highest BCUT2D eigenvalue weighted by Gasteiger charge is 2.12. The lowest BCUT2D eigenvalue weighted by atomic mass is 10.1. The number of benzene rings is 2. The van der Waals surface area contributed by atoms with Crippen molar-refractivity contribution in [3.05, 3.63) is 57.0 Å². The molecule has 1 amide bonds. The number of nitrogen functional groups attached to an aromatic ring is 1. The van der Waals surface area contributed by atoms with E-state index in [1.165, 1.54) is 6.07 Å². The number of halogens is 2. The van der Waals surface area contributed by atoms with Gasteiger partial charge < -0.3 is 11.1 Å². The lowest BCUT2D eigenvalue weighted by Gasteiger charge is -2.09. The van der Waals surface area contributed by atoms with Crippen LogP contribution >= 0.6 is 27.5 Å². The van der Waals surface area contributed by atoms with Gasteiger partial charge in [-0.2, -0.15) is 5.26 Å². The minimum Gasteiger partial charge on any atom is -0.399 e. The summed E-state index contributed by atoms with van der Waals surface area (Å²) in [5, 5.41) is 12.2. The van der Waals surface area contributed by atoms with E-state index >= 15 is 0 Å². The third kappa shape index (κ3) is 3.10. The Morgan fingerprint density at radius 2 is 2.05 bits per heavy atom. The highest BCUT2D eigenvalue weighted by Crippen LogP contribution is 2.24. The predicted octanol–water partition coefficient (Wildman–Crippen LogP) is 3.81. The van der Waals surface area contributed by atoms with Crippen LogP contribution in [0.1, 0.15) is 15.9 Å². The lowest BCUT2D eigenvalue weighted by molar-refractivity contribution is 0.102. The van der Waals surface area contributed by atoms with Gasteiger partial charge >= 0.3 is 0 Å². The van der Waals surface area contributed by atoms with E-state index in [9.17, 15) is 4.79 Å². The topological polar surface area (TPSA) is 78.9 Å². The average molecular weight is 351 g/mol. The van der Waals surface area contributed by atoms with Gasteiger partial charge in [0.15, 0.2) is 0 Å². The maximum Gasteiger partial charge on any atom is 0.256 e. The number of nitrogens with two attached hydrogens (primary N) is 1. The monoisotopic (exact) mass is 349 g/mol. The smallest absolute Gasteiger partial charge is 0.256 e. The first-order valence-corrected chi connectivity index (χ1v) is 6.74. The number of carbonyl (C=O) groups is 1. The molecule has 100 valence electrons. The normalized spacial score (nSPS) is 9.85. The van der Waals surface area contributed by atoms with Crippen molar-refractivity contribution in [3.8, 4) is 6.07 Å². The molecule has 0 saturated carbocycles. The summed E-state index contributed by atoms with van der Waals surface area (Å²) in [4.78, 5) is 12.2. The molecule has 0 bridgehead atoms. The fraction of sp³-hybridized carbons (Fsp3) is 0. The molecule has 2 aromatic carbocycles. The summed E-state index contributed by atoms with van der Waals surface area (Å²) in [6.45, 7) is 0. The Balaban J connectivity index is 2.31. The number of nitrogens with zero attached hydrogens (tertiary/aromatic N) is 1. The van der Waals surface area contributed by atoms with Crippen molar-refractivity contribution in [3.63, 3.8) is 0 Å². The largest absolute Gasteiger partial charge is 0.399 e. The van der Waals surface area contributed by atoms with E-state index in [1.54, 1.807) is 30.3 Å². The lowest BCUT2D eigenvalue weighted by Crippen LogP contribution is -2.13. The molecule has 0 aromatic heterocycles. The van der Waals surface area contributed by atoms with Gasteiger partial charge in [0.25, 0.3) is 5.91 Å². The molecule has 0 aliphatic rings. The van der Waals surface area contributed by atoms with Crippen LogP contribution in [0.5, 0.6) is 0 Å². The molecule has 0 spiro atoms. The van der Waals surface area contributed by atoms with Crippen LogP contribution < -0.4 is 11.1 Å².